The van der Waals surface area contributed by atoms with Gasteiger partial charge >= 0.3 is 5.97 Å². The van der Waals surface area contributed by atoms with Gasteiger partial charge in [-0.05, 0) is 30.0 Å². The molecule has 0 aliphatic carbocycles. The van der Waals surface area contributed by atoms with Gasteiger partial charge in [-0.2, -0.15) is 0 Å². The van der Waals surface area contributed by atoms with Crippen molar-refractivity contribution in [2.45, 2.75) is 24.4 Å². The molecule has 3 rings (SSSR count). The minimum absolute atomic E-state index is 0.206. The number of amides is 2. The Bertz CT molecular complexity index is 706. The molecule has 0 bridgehead atoms. The lowest BCUT2D eigenvalue weighted by Gasteiger charge is -2.51. The molecule has 2 amide bonds. The summed E-state index contributed by atoms with van der Waals surface area (Å²) >= 11 is 1.33. The molecule has 2 aliphatic heterocycles. The number of nitrogens with one attached hydrogen (secondary N) is 1. The van der Waals surface area contributed by atoms with Crippen LogP contribution in [-0.2, 0) is 14.4 Å². The quantitative estimate of drug-likeness (QED) is 0.765. The average Bonchev–Trinajstić information content (AvgIpc) is 2.58. The number of hydrogen-bond donors (Lipinski definition) is 2. The van der Waals surface area contributed by atoms with Crippen molar-refractivity contribution in [3.8, 4) is 5.75 Å². The minimum Gasteiger partial charge on any atom is -0.484 e. The lowest BCUT2D eigenvalue weighted by atomic mass is 9.99. The molecule has 0 unspecified atom stereocenters. The molecule has 3 atom stereocenters. The number of β-lactam (4-membered cyclic amide) rings is 1. The molecule has 7 nitrogen and oxygen atoms in total. The zero-order chi connectivity index (χ0) is 17.3. The summed E-state index contributed by atoms with van der Waals surface area (Å²) in [6.45, 7) is 1.47. The van der Waals surface area contributed by atoms with Crippen LogP contribution < -0.4 is 10.1 Å². The second-order valence-electron chi connectivity index (χ2n) is 5.52. The molecular weight excluding hydrogens is 332 g/mol. The topological polar surface area (TPSA) is 95.9 Å². The highest BCUT2D eigenvalue weighted by atomic mass is 32.2. The molecule has 126 valence electrons. The van der Waals surface area contributed by atoms with E-state index in [9.17, 15) is 19.5 Å². The van der Waals surface area contributed by atoms with Gasteiger partial charge in [-0.15, -0.1) is 11.8 Å². The van der Waals surface area contributed by atoms with Crippen molar-refractivity contribution in [2.24, 2.45) is 0 Å². The molecule has 1 aromatic carbocycles. The summed E-state index contributed by atoms with van der Waals surface area (Å²) in [5.41, 5.74) is 0.606. The van der Waals surface area contributed by atoms with Crippen LogP contribution in [0.3, 0.4) is 0 Å². The van der Waals surface area contributed by atoms with Crippen LogP contribution >= 0.6 is 11.8 Å². The largest absolute Gasteiger partial charge is 0.484 e. The number of ether oxygens (including phenoxy) is 1. The fourth-order valence-corrected chi connectivity index (χ4v) is 3.87. The van der Waals surface area contributed by atoms with E-state index in [1.54, 1.807) is 36.6 Å². The third-order valence-electron chi connectivity index (χ3n) is 3.85. The Kier molecular flexibility index (Phi) is 4.48. The molecule has 0 aromatic heterocycles. The van der Waals surface area contributed by atoms with Crippen LogP contribution in [0.2, 0.25) is 0 Å². The van der Waals surface area contributed by atoms with Crippen LogP contribution in [0, 0.1) is 0 Å². The number of carboxylic acid groups (broad SMARTS) is 1. The highest BCUT2D eigenvalue weighted by Crippen LogP contribution is 2.39. The van der Waals surface area contributed by atoms with Crippen molar-refractivity contribution in [2.75, 3.05) is 6.61 Å². The van der Waals surface area contributed by atoms with E-state index in [1.807, 2.05) is 6.07 Å². The number of thioether (sulfide) groups is 1. The first-order chi connectivity index (χ1) is 11.5. The monoisotopic (exact) mass is 348 g/mol. The predicted molar refractivity (Wildman–Crippen MR) is 87.3 cm³/mol. The number of benzene rings is 1. The Hall–Kier alpha value is -2.48. The molecule has 2 heterocycles. The van der Waals surface area contributed by atoms with Crippen LogP contribution in [-0.4, -0.2) is 51.9 Å². The summed E-state index contributed by atoms with van der Waals surface area (Å²) in [7, 11) is 0. The maximum absolute atomic E-state index is 12.2. The number of aliphatic carboxylic acids is 1. The summed E-state index contributed by atoms with van der Waals surface area (Å²) in [5.74, 6) is -1.32. The first kappa shape index (κ1) is 16.4. The molecule has 8 heteroatoms. The Balaban J connectivity index is 1.58. The number of rotatable bonds is 5. The summed E-state index contributed by atoms with van der Waals surface area (Å²) in [5, 5.41) is 13.2. The van der Waals surface area contributed by atoms with E-state index in [1.165, 1.54) is 16.7 Å². The van der Waals surface area contributed by atoms with Crippen LogP contribution in [0.4, 0.5) is 0 Å². The number of carboxylic acids is 1. The van der Waals surface area contributed by atoms with Gasteiger partial charge in [0.1, 0.15) is 17.2 Å². The van der Waals surface area contributed by atoms with E-state index in [2.05, 4.69) is 5.32 Å². The molecule has 2 aliphatic rings. The highest BCUT2D eigenvalue weighted by Gasteiger charge is 2.55. The van der Waals surface area contributed by atoms with Gasteiger partial charge in [0.25, 0.3) is 5.91 Å². The van der Waals surface area contributed by atoms with E-state index in [4.69, 9.17) is 4.74 Å². The Morgan fingerprint density at radius 3 is 2.71 bits per heavy atom. The van der Waals surface area contributed by atoms with Crippen LogP contribution in [0.15, 0.2) is 41.3 Å². The Labute approximate surface area is 142 Å². The summed E-state index contributed by atoms with van der Waals surface area (Å²) < 4.78 is 5.34. The van der Waals surface area contributed by atoms with Crippen molar-refractivity contribution < 1.29 is 24.2 Å². The van der Waals surface area contributed by atoms with Crippen molar-refractivity contribution in [1.29, 1.82) is 0 Å². The first-order valence-electron chi connectivity index (χ1n) is 7.33. The standard InChI is InChI=1S/C16H16N2O5S/c1-9-8-24-15-12(14(20)18(15)13(9)16(21)22)17-11(19)7-23-10-5-3-2-4-6-10/h2-6,8,12-13,15H,7H2,1H3,(H,17,19)(H,21,22)/t12-,13-,15+/m0/s1. The van der Waals surface area contributed by atoms with Gasteiger partial charge in [-0.3, -0.25) is 9.59 Å². The number of hydrogen-bond acceptors (Lipinski definition) is 5. The molecule has 24 heavy (non-hydrogen) atoms. The zero-order valence-electron chi connectivity index (χ0n) is 12.8. The molecule has 0 spiro atoms. The predicted octanol–water partition coefficient (Wildman–Crippen LogP) is 0.822. The lowest BCUT2D eigenvalue weighted by molar-refractivity contribution is -0.160. The van der Waals surface area contributed by atoms with Crippen molar-refractivity contribution in [1.82, 2.24) is 10.2 Å². The third kappa shape index (κ3) is 2.96. The van der Waals surface area contributed by atoms with Crippen LogP contribution in [0.25, 0.3) is 0 Å². The summed E-state index contributed by atoms with van der Waals surface area (Å²) in [6.07, 6.45) is 0. The molecule has 2 N–H and O–H groups in total. The molecule has 0 saturated carbocycles. The van der Waals surface area contributed by atoms with Gasteiger partial charge in [0, 0.05) is 0 Å². The number of carbonyl (C=O) groups excluding carboxylic acids is 2. The second kappa shape index (κ2) is 6.56. The summed E-state index contributed by atoms with van der Waals surface area (Å²) in [4.78, 5) is 36.8. The van der Waals surface area contributed by atoms with E-state index in [0.29, 0.717) is 11.3 Å². The first-order valence-corrected chi connectivity index (χ1v) is 8.27. The zero-order valence-corrected chi connectivity index (χ0v) is 13.7. The molecule has 0 radical (unpaired) electrons. The molecule has 1 saturated heterocycles. The fourth-order valence-electron chi connectivity index (χ4n) is 2.69. The van der Waals surface area contributed by atoms with E-state index in [-0.39, 0.29) is 12.5 Å². The minimum atomic E-state index is -1.07. The van der Waals surface area contributed by atoms with Crippen molar-refractivity contribution in [3.63, 3.8) is 0 Å². The molecule has 1 fully saturated rings. The van der Waals surface area contributed by atoms with E-state index < -0.39 is 29.3 Å². The average molecular weight is 348 g/mol. The number of carbonyl (C=O) groups is 3. The smallest absolute Gasteiger partial charge is 0.330 e. The Morgan fingerprint density at radius 2 is 2.04 bits per heavy atom. The van der Waals surface area contributed by atoms with Crippen molar-refractivity contribution >= 4 is 29.5 Å². The van der Waals surface area contributed by atoms with Crippen LogP contribution in [0.5, 0.6) is 5.75 Å². The van der Waals surface area contributed by atoms with Gasteiger partial charge in [-0.25, -0.2) is 4.79 Å². The van der Waals surface area contributed by atoms with Crippen molar-refractivity contribution in [3.05, 3.63) is 41.3 Å². The maximum Gasteiger partial charge on any atom is 0.330 e. The normalized spacial score (nSPS) is 25.2. The SMILES string of the molecule is CC1=CS[C@@H]2[C@@H](NC(=O)COc3ccccc3)C(=O)N2[C@@H]1C(=O)O. The number of fused-ring (bicyclic) bond motifs is 1. The molecular formula is C16H16N2O5S. The number of nitrogens with zero attached hydrogens (tertiary/aromatic N) is 1. The Morgan fingerprint density at radius 1 is 1.33 bits per heavy atom. The van der Waals surface area contributed by atoms with E-state index >= 15 is 0 Å². The maximum atomic E-state index is 12.2. The highest BCUT2D eigenvalue weighted by molar-refractivity contribution is 8.02. The second-order valence-corrected chi connectivity index (χ2v) is 6.51. The van der Waals surface area contributed by atoms with Gasteiger partial charge in [0.15, 0.2) is 12.6 Å². The van der Waals surface area contributed by atoms with Crippen LogP contribution in [0.1, 0.15) is 6.92 Å². The van der Waals surface area contributed by atoms with Gasteiger partial charge in [-0.1, -0.05) is 18.2 Å². The van der Waals surface area contributed by atoms with Gasteiger partial charge in [0.2, 0.25) is 5.91 Å². The van der Waals surface area contributed by atoms with E-state index in [0.717, 1.165) is 0 Å². The molecule has 1 aromatic rings. The summed E-state index contributed by atoms with van der Waals surface area (Å²) in [6, 6.07) is 7.19. The van der Waals surface area contributed by atoms with Gasteiger partial charge < -0.3 is 20.1 Å². The fraction of sp³-hybridized carbons (Fsp3) is 0.312. The number of para-hydroxylation sites is 1. The lowest BCUT2D eigenvalue weighted by Crippen LogP contribution is -2.74. The van der Waals surface area contributed by atoms with Gasteiger partial charge in [0.05, 0.1) is 0 Å². The third-order valence-corrected chi connectivity index (χ3v) is 5.13.